The molecule has 0 aliphatic rings. The molecule has 5 nitrogen and oxygen atoms in total. The molecule has 0 saturated carbocycles. The van der Waals surface area contributed by atoms with Crippen molar-refractivity contribution in [2.24, 2.45) is 5.73 Å². The van der Waals surface area contributed by atoms with Gasteiger partial charge in [0.15, 0.2) is 0 Å². The van der Waals surface area contributed by atoms with Crippen molar-refractivity contribution in [1.82, 2.24) is 4.98 Å². The van der Waals surface area contributed by atoms with Gasteiger partial charge in [0.25, 0.3) is 11.5 Å². The van der Waals surface area contributed by atoms with Crippen LogP contribution in [-0.2, 0) is 0 Å². The topological polar surface area (TPSA) is 102 Å². The second-order valence-corrected chi connectivity index (χ2v) is 2.55. The van der Waals surface area contributed by atoms with Gasteiger partial charge in [-0.3, -0.25) is 9.59 Å². The lowest BCUT2D eigenvalue weighted by Gasteiger charge is -1.98. The van der Waals surface area contributed by atoms with Gasteiger partial charge in [-0.15, -0.1) is 0 Å². The van der Waals surface area contributed by atoms with Crippen molar-refractivity contribution in [3.63, 3.8) is 0 Å². The predicted molar refractivity (Wildman–Crippen MR) is 45.0 cm³/mol. The highest BCUT2D eigenvalue weighted by molar-refractivity contribution is 6.33. The van der Waals surface area contributed by atoms with E-state index in [1.165, 1.54) is 0 Å². The number of H-pyrrole nitrogens is 1. The van der Waals surface area contributed by atoms with E-state index in [9.17, 15) is 9.59 Å². The Balaban J connectivity index is 3.43. The smallest absolute Gasteiger partial charge is 0.262 e. The number of aromatic nitrogens is 1. The lowest BCUT2D eigenvalue weighted by molar-refractivity contribution is 0.0999. The summed E-state index contributed by atoms with van der Waals surface area (Å²) in [6.45, 7) is 0. The third-order valence-corrected chi connectivity index (χ3v) is 1.60. The molecule has 12 heavy (non-hydrogen) atoms. The fourth-order valence-electron chi connectivity index (χ4n) is 0.702. The first-order chi connectivity index (χ1) is 5.52. The summed E-state index contributed by atoms with van der Waals surface area (Å²) in [7, 11) is 0. The molecule has 0 unspecified atom stereocenters. The molecule has 1 amide bonds. The Morgan fingerprint density at radius 1 is 1.58 bits per heavy atom. The molecule has 0 aliphatic carbocycles. The van der Waals surface area contributed by atoms with E-state index in [4.69, 9.17) is 23.1 Å². The Morgan fingerprint density at radius 3 is 2.67 bits per heavy atom. The standard InChI is InChI=1S/C6H6ClN3O2/c7-3-1-2(5(9)11)6(12)10-4(3)8/h1H,(H2,9,11)(H3,8,10,12). The second kappa shape index (κ2) is 2.86. The summed E-state index contributed by atoms with van der Waals surface area (Å²) in [6, 6.07) is 1.14. The van der Waals surface area contributed by atoms with Crippen LogP contribution in [0.1, 0.15) is 10.4 Å². The van der Waals surface area contributed by atoms with Crippen molar-refractivity contribution < 1.29 is 4.79 Å². The lowest BCUT2D eigenvalue weighted by Crippen LogP contribution is -2.24. The van der Waals surface area contributed by atoms with Crippen LogP contribution in [0, 0.1) is 0 Å². The molecule has 0 bridgehead atoms. The minimum absolute atomic E-state index is 0.0201. The normalized spacial score (nSPS) is 9.75. The molecule has 0 aromatic carbocycles. The lowest BCUT2D eigenvalue weighted by atomic mass is 10.2. The van der Waals surface area contributed by atoms with Crippen molar-refractivity contribution >= 4 is 23.3 Å². The Kier molecular flexibility index (Phi) is 2.05. The minimum atomic E-state index is -0.835. The van der Waals surface area contributed by atoms with Gasteiger partial charge >= 0.3 is 0 Å². The van der Waals surface area contributed by atoms with Gasteiger partial charge in [0.2, 0.25) is 0 Å². The number of carbonyl (C=O) groups excluding carboxylic acids is 1. The van der Waals surface area contributed by atoms with E-state index in [0.717, 1.165) is 6.07 Å². The molecule has 1 heterocycles. The van der Waals surface area contributed by atoms with E-state index >= 15 is 0 Å². The maximum atomic E-state index is 10.9. The molecule has 1 rings (SSSR count). The number of anilines is 1. The zero-order chi connectivity index (χ0) is 9.30. The van der Waals surface area contributed by atoms with Crippen LogP contribution in [0.15, 0.2) is 10.9 Å². The summed E-state index contributed by atoms with van der Waals surface area (Å²) < 4.78 is 0. The van der Waals surface area contributed by atoms with Crippen LogP contribution in [-0.4, -0.2) is 10.9 Å². The third-order valence-electron chi connectivity index (χ3n) is 1.29. The van der Waals surface area contributed by atoms with Crippen LogP contribution in [0.4, 0.5) is 5.82 Å². The van der Waals surface area contributed by atoms with Gasteiger partial charge in [0.05, 0.1) is 5.02 Å². The summed E-state index contributed by atoms with van der Waals surface area (Å²) in [4.78, 5) is 23.7. The summed E-state index contributed by atoms with van der Waals surface area (Å²) in [5.41, 5.74) is 9.29. The maximum Gasteiger partial charge on any atom is 0.262 e. The van der Waals surface area contributed by atoms with E-state index < -0.39 is 11.5 Å². The average Bonchev–Trinajstić information content (AvgIpc) is 1.96. The van der Waals surface area contributed by atoms with Crippen LogP contribution < -0.4 is 17.0 Å². The van der Waals surface area contributed by atoms with Crippen molar-refractivity contribution in [2.45, 2.75) is 0 Å². The third kappa shape index (κ3) is 1.40. The summed E-state index contributed by atoms with van der Waals surface area (Å²) >= 11 is 5.53. The predicted octanol–water partition coefficient (Wildman–Crippen LogP) is -0.291. The van der Waals surface area contributed by atoms with Gasteiger partial charge in [0.1, 0.15) is 11.4 Å². The molecule has 1 aromatic rings. The summed E-state index contributed by atoms with van der Waals surface area (Å²) in [5, 5.41) is 0.100. The van der Waals surface area contributed by atoms with E-state index in [2.05, 4.69) is 4.98 Å². The Bertz CT molecular complexity index is 385. The number of hydrogen-bond acceptors (Lipinski definition) is 3. The molecular weight excluding hydrogens is 182 g/mol. The average molecular weight is 188 g/mol. The van der Waals surface area contributed by atoms with Crippen LogP contribution in [0.25, 0.3) is 0 Å². The maximum absolute atomic E-state index is 10.9. The number of aromatic amines is 1. The highest BCUT2D eigenvalue weighted by Gasteiger charge is 2.08. The minimum Gasteiger partial charge on any atom is -0.384 e. The fourth-order valence-corrected chi connectivity index (χ4v) is 0.859. The molecular formula is C6H6ClN3O2. The Hall–Kier alpha value is -1.49. The van der Waals surface area contributed by atoms with Gasteiger partial charge in [-0.1, -0.05) is 11.6 Å². The highest BCUT2D eigenvalue weighted by Crippen LogP contribution is 2.13. The summed E-state index contributed by atoms with van der Waals surface area (Å²) in [5.74, 6) is -0.815. The molecule has 5 N–H and O–H groups in total. The number of amides is 1. The number of rotatable bonds is 1. The van der Waals surface area contributed by atoms with Gasteiger partial charge in [0, 0.05) is 0 Å². The molecule has 0 radical (unpaired) electrons. The monoisotopic (exact) mass is 187 g/mol. The number of primary amides is 1. The molecule has 0 spiro atoms. The Labute approximate surface area is 72.3 Å². The SMILES string of the molecule is NC(=O)c1cc(Cl)c(N)[nH]c1=O. The van der Waals surface area contributed by atoms with E-state index in [1.807, 2.05) is 0 Å². The highest BCUT2D eigenvalue weighted by atomic mass is 35.5. The number of hydrogen-bond donors (Lipinski definition) is 3. The van der Waals surface area contributed by atoms with Crippen LogP contribution >= 0.6 is 11.6 Å². The van der Waals surface area contributed by atoms with Crippen molar-refractivity contribution in [2.75, 3.05) is 5.73 Å². The van der Waals surface area contributed by atoms with Gasteiger partial charge in [-0.2, -0.15) is 0 Å². The van der Waals surface area contributed by atoms with E-state index in [-0.39, 0.29) is 16.4 Å². The number of nitrogens with two attached hydrogens (primary N) is 2. The number of pyridine rings is 1. The van der Waals surface area contributed by atoms with Crippen LogP contribution in [0.2, 0.25) is 5.02 Å². The van der Waals surface area contributed by atoms with Crippen LogP contribution in [0.3, 0.4) is 0 Å². The number of halogens is 1. The number of nitrogens with one attached hydrogen (secondary N) is 1. The molecule has 1 aromatic heterocycles. The van der Waals surface area contributed by atoms with Crippen LogP contribution in [0.5, 0.6) is 0 Å². The zero-order valence-corrected chi connectivity index (χ0v) is 6.68. The first kappa shape index (κ1) is 8.61. The molecule has 0 saturated heterocycles. The molecule has 0 fully saturated rings. The quantitative estimate of drug-likeness (QED) is 0.563. The van der Waals surface area contributed by atoms with Gasteiger partial charge < -0.3 is 16.5 Å². The van der Waals surface area contributed by atoms with Crippen molar-refractivity contribution in [3.8, 4) is 0 Å². The summed E-state index contributed by atoms with van der Waals surface area (Å²) in [6.07, 6.45) is 0. The second-order valence-electron chi connectivity index (χ2n) is 2.14. The number of carbonyl (C=O) groups is 1. The van der Waals surface area contributed by atoms with Gasteiger partial charge in [-0.05, 0) is 6.07 Å². The first-order valence-electron chi connectivity index (χ1n) is 3.00. The molecule has 64 valence electrons. The van der Waals surface area contributed by atoms with E-state index in [0.29, 0.717) is 0 Å². The molecule has 0 aliphatic heterocycles. The largest absolute Gasteiger partial charge is 0.384 e. The first-order valence-corrected chi connectivity index (χ1v) is 3.38. The fraction of sp³-hybridized carbons (Fsp3) is 0. The van der Waals surface area contributed by atoms with Crippen molar-refractivity contribution in [1.29, 1.82) is 0 Å². The van der Waals surface area contributed by atoms with E-state index in [1.54, 1.807) is 0 Å². The Morgan fingerprint density at radius 2 is 2.17 bits per heavy atom. The molecule has 6 heteroatoms. The molecule has 0 atom stereocenters. The zero-order valence-electron chi connectivity index (χ0n) is 5.93. The van der Waals surface area contributed by atoms with Crippen molar-refractivity contribution in [3.05, 3.63) is 27.0 Å². The number of nitrogen functional groups attached to an aromatic ring is 1. The van der Waals surface area contributed by atoms with Gasteiger partial charge in [-0.25, -0.2) is 0 Å².